The maximum absolute atomic E-state index is 5.41. The average Bonchev–Trinajstić information content (AvgIpc) is 3.84. The predicted octanol–water partition coefficient (Wildman–Crippen LogP) is 14.9. The van der Waals surface area contributed by atoms with E-state index in [1.54, 1.807) is 11.3 Å². The Bertz CT molecular complexity index is 3180. The first-order valence-corrected chi connectivity index (χ1v) is 19.5. The van der Waals surface area contributed by atoms with E-state index in [1.165, 1.54) is 57.2 Å². The van der Waals surface area contributed by atoms with E-state index in [1.807, 2.05) is 11.3 Å². The molecule has 0 radical (unpaired) electrons. The van der Waals surface area contributed by atoms with Crippen molar-refractivity contribution in [2.75, 3.05) is 4.90 Å². The Morgan fingerprint density at radius 1 is 0.377 bits per heavy atom. The summed E-state index contributed by atoms with van der Waals surface area (Å²) in [4.78, 5) is 7.77. The van der Waals surface area contributed by atoms with Crippen molar-refractivity contribution in [3.8, 4) is 21.7 Å². The number of aromatic nitrogens is 1. The summed E-state index contributed by atoms with van der Waals surface area (Å²) in [5.41, 5.74) is 7.86. The number of hydrogen-bond donors (Lipinski definition) is 0. The summed E-state index contributed by atoms with van der Waals surface area (Å²) >= 11 is 3.64. The third-order valence-corrected chi connectivity index (χ3v) is 12.7. The zero-order valence-corrected chi connectivity index (χ0v) is 30.2. The molecule has 0 spiro atoms. The highest BCUT2D eigenvalue weighted by molar-refractivity contribution is 7.25. The highest BCUT2D eigenvalue weighted by Crippen LogP contribution is 2.45. The van der Waals surface area contributed by atoms with Crippen LogP contribution in [0.4, 0.5) is 17.1 Å². The summed E-state index contributed by atoms with van der Waals surface area (Å²) in [6.07, 6.45) is 0. The van der Waals surface area contributed by atoms with E-state index in [4.69, 9.17) is 4.98 Å². The number of para-hydroxylation sites is 1. The maximum Gasteiger partial charge on any atom is 0.124 e. The summed E-state index contributed by atoms with van der Waals surface area (Å²) < 4.78 is 3.84. The zero-order chi connectivity index (χ0) is 34.9. The van der Waals surface area contributed by atoms with Crippen LogP contribution in [0.25, 0.3) is 84.4 Å². The summed E-state index contributed by atoms with van der Waals surface area (Å²) in [6, 6.07) is 66.1. The predicted molar refractivity (Wildman–Crippen MR) is 231 cm³/mol. The van der Waals surface area contributed by atoms with Gasteiger partial charge in [0.05, 0.1) is 10.2 Å². The van der Waals surface area contributed by atoms with Gasteiger partial charge in [-0.15, -0.1) is 22.7 Å². The van der Waals surface area contributed by atoms with Gasteiger partial charge in [0.25, 0.3) is 0 Å². The van der Waals surface area contributed by atoms with Gasteiger partial charge >= 0.3 is 0 Å². The Morgan fingerprint density at radius 2 is 1.04 bits per heavy atom. The second-order valence-corrected chi connectivity index (χ2v) is 15.6. The monoisotopic (exact) mass is 710 g/mol. The van der Waals surface area contributed by atoms with Crippen LogP contribution >= 0.6 is 22.7 Å². The molecule has 0 atom stereocenters. The van der Waals surface area contributed by atoms with Crippen molar-refractivity contribution in [3.63, 3.8) is 0 Å². The number of anilines is 3. The number of fused-ring (bicyclic) bond motifs is 9. The van der Waals surface area contributed by atoms with E-state index >= 15 is 0 Å². The van der Waals surface area contributed by atoms with Crippen molar-refractivity contribution in [3.05, 3.63) is 182 Å². The van der Waals surface area contributed by atoms with Crippen molar-refractivity contribution in [2.45, 2.75) is 0 Å². The molecule has 0 saturated carbocycles. The van der Waals surface area contributed by atoms with Gasteiger partial charge in [0.1, 0.15) is 5.01 Å². The van der Waals surface area contributed by atoms with Gasteiger partial charge in [0, 0.05) is 53.7 Å². The van der Waals surface area contributed by atoms with Gasteiger partial charge < -0.3 is 4.90 Å². The number of thiazole rings is 1. The Balaban J connectivity index is 1.09. The molecule has 0 aliphatic heterocycles. The maximum atomic E-state index is 5.41. The van der Waals surface area contributed by atoms with Crippen LogP contribution in [0.15, 0.2) is 182 Å². The van der Waals surface area contributed by atoms with Gasteiger partial charge in [-0.25, -0.2) is 4.98 Å². The quantitative estimate of drug-likeness (QED) is 0.165. The molecule has 2 nitrogen and oxygen atoms in total. The first-order valence-electron chi connectivity index (χ1n) is 17.9. The smallest absolute Gasteiger partial charge is 0.124 e. The van der Waals surface area contributed by atoms with Crippen LogP contribution in [0.2, 0.25) is 0 Å². The van der Waals surface area contributed by atoms with Gasteiger partial charge in [-0.2, -0.15) is 0 Å². The molecule has 0 bridgehead atoms. The second-order valence-electron chi connectivity index (χ2n) is 13.6. The van der Waals surface area contributed by atoms with Gasteiger partial charge in [-0.3, -0.25) is 0 Å². The van der Waals surface area contributed by atoms with Crippen LogP contribution in [-0.2, 0) is 0 Å². The molecule has 9 aromatic carbocycles. The number of rotatable bonds is 5. The Kier molecular flexibility index (Phi) is 6.94. The minimum atomic E-state index is 1.04. The summed E-state index contributed by atoms with van der Waals surface area (Å²) in [6.45, 7) is 0. The third-order valence-electron chi connectivity index (χ3n) is 10.5. The lowest BCUT2D eigenvalue weighted by molar-refractivity contribution is 1.29. The Hall–Kier alpha value is -6.33. The fraction of sp³-hybridized carbons (Fsp3) is 0. The van der Waals surface area contributed by atoms with Gasteiger partial charge in [-0.1, -0.05) is 121 Å². The molecule has 11 aromatic rings. The largest absolute Gasteiger partial charge is 0.310 e. The van der Waals surface area contributed by atoms with Crippen LogP contribution in [0.1, 0.15) is 0 Å². The molecular weight excluding hydrogens is 681 g/mol. The second kappa shape index (κ2) is 12.1. The molecule has 0 unspecified atom stereocenters. The van der Waals surface area contributed by atoms with Crippen molar-refractivity contribution in [1.82, 2.24) is 4.98 Å². The molecule has 4 heteroatoms. The molecule has 2 heterocycles. The van der Waals surface area contributed by atoms with E-state index in [0.29, 0.717) is 0 Å². The van der Waals surface area contributed by atoms with E-state index < -0.39 is 0 Å². The standard InChI is InChI=1S/C49H30N2S2/c1-2-13-36(14-3-1)51(38-25-27-46-44(29-38)40-16-8-9-17-45(40)52-46)37-23-20-33(21-24-37)42-30-43-39-15-7-6-11-32(39)22-26-41(43)48-47(42)50-49(53-48)35-19-18-31-10-4-5-12-34(31)28-35/h1-30H. The minimum Gasteiger partial charge on any atom is -0.310 e. The highest BCUT2D eigenvalue weighted by atomic mass is 32.1. The SMILES string of the molecule is c1ccc(N(c2ccc(-c3cc4c5ccccc5ccc4c4sc(-c5ccc6ccccc6c5)nc34)cc2)c2ccc3sc4ccccc4c3c2)cc1. The van der Waals surface area contributed by atoms with E-state index in [-0.39, 0.29) is 0 Å². The van der Waals surface area contributed by atoms with E-state index in [9.17, 15) is 0 Å². The molecular formula is C49H30N2S2. The molecule has 11 rings (SSSR count). The number of hydrogen-bond acceptors (Lipinski definition) is 4. The normalized spacial score (nSPS) is 11.8. The van der Waals surface area contributed by atoms with Crippen LogP contribution in [0.3, 0.4) is 0 Å². The summed E-state index contributed by atoms with van der Waals surface area (Å²) in [5.74, 6) is 0. The zero-order valence-electron chi connectivity index (χ0n) is 28.5. The van der Waals surface area contributed by atoms with E-state index in [2.05, 4.69) is 187 Å². The molecule has 248 valence electrons. The van der Waals surface area contributed by atoms with Crippen molar-refractivity contribution in [2.24, 2.45) is 0 Å². The van der Waals surface area contributed by atoms with Gasteiger partial charge in [0.15, 0.2) is 0 Å². The van der Waals surface area contributed by atoms with Crippen LogP contribution in [0.5, 0.6) is 0 Å². The highest BCUT2D eigenvalue weighted by Gasteiger charge is 2.19. The van der Waals surface area contributed by atoms with Crippen LogP contribution in [0, 0.1) is 0 Å². The van der Waals surface area contributed by atoms with Gasteiger partial charge in [-0.05, 0) is 93.2 Å². The number of nitrogens with zero attached hydrogens (tertiary/aromatic N) is 2. The lowest BCUT2D eigenvalue weighted by Crippen LogP contribution is -2.09. The van der Waals surface area contributed by atoms with Crippen LogP contribution < -0.4 is 4.90 Å². The lowest BCUT2D eigenvalue weighted by atomic mass is 9.96. The first-order chi connectivity index (χ1) is 26.2. The topological polar surface area (TPSA) is 16.1 Å². The molecule has 0 saturated heterocycles. The molecule has 0 amide bonds. The summed E-state index contributed by atoms with van der Waals surface area (Å²) in [7, 11) is 0. The first kappa shape index (κ1) is 30.3. The van der Waals surface area contributed by atoms with Crippen molar-refractivity contribution in [1.29, 1.82) is 0 Å². The molecule has 0 aliphatic rings. The molecule has 0 N–H and O–H groups in total. The van der Waals surface area contributed by atoms with Crippen LogP contribution in [-0.4, -0.2) is 4.98 Å². The molecule has 0 fully saturated rings. The van der Waals surface area contributed by atoms with Crippen molar-refractivity contribution >= 4 is 102 Å². The Labute approximate surface area is 314 Å². The summed E-state index contributed by atoms with van der Waals surface area (Å²) in [5, 5.41) is 11.1. The van der Waals surface area contributed by atoms with Gasteiger partial charge in [0.2, 0.25) is 0 Å². The molecule has 2 aromatic heterocycles. The average molecular weight is 711 g/mol. The third kappa shape index (κ3) is 5.02. The number of thiophene rings is 1. The fourth-order valence-electron chi connectivity index (χ4n) is 7.88. The van der Waals surface area contributed by atoms with E-state index in [0.717, 1.165) is 44.3 Å². The number of benzene rings is 9. The minimum absolute atomic E-state index is 1.04. The molecule has 53 heavy (non-hydrogen) atoms. The van der Waals surface area contributed by atoms with Crippen molar-refractivity contribution < 1.29 is 0 Å². The Morgan fingerprint density at radius 3 is 1.91 bits per heavy atom. The lowest BCUT2D eigenvalue weighted by Gasteiger charge is -2.26. The fourth-order valence-corrected chi connectivity index (χ4v) is 10.1. The molecule has 0 aliphatic carbocycles.